The van der Waals surface area contributed by atoms with E-state index >= 15 is 0 Å². The Morgan fingerprint density at radius 1 is 1.26 bits per heavy atom. The fourth-order valence-corrected chi connectivity index (χ4v) is 6.07. The van der Waals surface area contributed by atoms with Gasteiger partial charge in [0, 0.05) is 0 Å². The summed E-state index contributed by atoms with van der Waals surface area (Å²) in [6.07, 6.45) is 1.98. The molecule has 1 saturated carbocycles. The Labute approximate surface area is 174 Å². The molecule has 1 aliphatic carbocycles. The molecule has 7 nitrogen and oxygen atoms in total. The summed E-state index contributed by atoms with van der Waals surface area (Å²) in [6.45, 7) is 1.85. The molecule has 0 spiro atoms. The minimum Gasteiger partial charge on any atom is -0.366 e. The maximum Gasteiger partial charge on any atom is 0.258 e. The van der Waals surface area contributed by atoms with Crippen molar-refractivity contribution < 1.29 is 21.1 Å². The van der Waals surface area contributed by atoms with E-state index in [1.54, 1.807) is 35.1 Å². The summed E-state index contributed by atoms with van der Waals surface area (Å²) >= 11 is 2.49. The lowest BCUT2D eigenvalue weighted by molar-refractivity contribution is -0.134. The van der Waals surface area contributed by atoms with Gasteiger partial charge in [0.2, 0.25) is 9.84 Å². The van der Waals surface area contributed by atoms with E-state index in [9.17, 15) is 18.0 Å². The first-order valence-corrected chi connectivity index (χ1v) is 11.2. The fraction of sp³-hybridized carbons (Fsp3) is 0.294. The number of hydrogen-bond donors (Lipinski definition) is 2. The number of hydrogen-bond acceptors (Lipinski definition) is 6. The molecule has 1 aliphatic rings. The third-order valence-corrected chi connectivity index (χ3v) is 8.66. The number of benzene rings is 1. The van der Waals surface area contributed by atoms with E-state index in [-0.39, 0.29) is 19.7 Å². The Morgan fingerprint density at radius 2 is 1.89 bits per heavy atom. The number of carbonyl (C=O) groups excluding carboxylic acids is 2. The maximum atomic E-state index is 12.9. The summed E-state index contributed by atoms with van der Waals surface area (Å²) < 4.78 is 30.9. The van der Waals surface area contributed by atoms with E-state index in [0.717, 1.165) is 23.3 Å². The van der Waals surface area contributed by atoms with E-state index in [2.05, 4.69) is 5.32 Å². The molecule has 10 heteroatoms. The molecule has 0 saturated heterocycles. The monoisotopic (exact) mass is 520 g/mol. The lowest BCUT2D eigenvalue weighted by Gasteiger charge is -2.37. The zero-order valence-corrected chi connectivity index (χ0v) is 18.1. The molecule has 0 aliphatic heterocycles. The van der Waals surface area contributed by atoms with Gasteiger partial charge in [0.25, 0.3) is 11.8 Å². The van der Waals surface area contributed by atoms with Crippen molar-refractivity contribution in [1.29, 1.82) is 0 Å². The third-order valence-electron chi connectivity index (χ3n) is 4.52. The number of sulfone groups is 1. The highest BCUT2D eigenvalue weighted by Gasteiger charge is 2.46. The molecule has 3 rings (SSSR count). The van der Waals surface area contributed by atoms with Gasteiger partial charge in [-0.25, -0.2) is 8.42 Å². The van der Waals surface area contributed by atoms with Crippen LogP contribution in [0.15, 0.2) is 39.4 Å². The van der Waals surface area contributed by atoms with Crippen LogP contribution in [0.25, 0.3) is 0 Å². The summed E-state index contributed by atoms with van der Waals surface area (Å²) in [5.41, 5.74) is 5.32. The van der Waals surface area contributed by atoms with Gasteiger partial charge < -0.3 is 11.1 Å². The van der Waals surface area contributed by atoms with Crippen LogP contribution in [0.1, 0.15) is 35.2 Å². The highest BCUT2D eigenvalue weighted by atomic mass is 127. The Balaban J connectivity index is 1.97. The second kappa shape index (κ2) is 7.49. The van der Waals surface area contributed by atoms with Crippen molar-refractivity contribution in [2.45, 2.75) is 40.9 Å². The van der Waals surface area contributed by atoms with E-state index in [4.69, 9.17) is 8.80 Å². The minimum atomic E-state index is -3.83. The van der Waals surface area contributed by atoms with Crippen molar-refractivity contribution in [3.05, 3.63) is 41.5 Å². The van der Waals surface area contributed by atoms with Crippen LogP contribution >= 0.6 is 34.3 Å². The number of thiophene rings is 1. The quantitative estimate of drug-likeness (QED) is 0.568. The smallest absolute Gasteiger partial charge is 0.258 e. The maximum absolute atomic E-state index is 12.9. The van der Waals surface area contributed by atoms with Crippen LogP contribution in [-0.4, -0.2) is 25.8 Å². The first-order chi connectivity index (χ1) is 12.7. The number of rotatable bonds is 6. The second-order valence-corrected chi connectivity index (χ2v) is 10.0. The number of carbonyl (C=O) groups is 2. The van der Waals surface area contributed by atoms with Crippen molar-refractivity contribution in [3.63, 3.8) is 0 Å². The number of amides is 2. The average Bonchev–Trinajstić information content (AvgIpc) is 2.99. The molecule has 1 fully saturated rings. The molecule has 144 valence electrons. The first-order valence-electron chi connectivity index (χ1n) is 8.06. The molecule has 0 bridgehead atoms. The first kappa shape index (κ1) is 20.2. The fourth-order valence-electron chi connectivity index (χ4n) is 2.66. The summed E-state index contributed by atoms with van der Waals surface area (Å²) in [5.74, 6) is -1.23. The van der Waals surface area contributed by atoms with Crippen molar-refractivity contribution in [3.8, 4) is 0 Å². The van der Waals surface area contributed by atoms with Crippen LogP contribution in [0.4, 0.5) is 5.00 Å². The van der Waals surface area contributed by atoms with Gasteiger partial charge in [-0.3, -0.25) is 12.7 Å². The van der Waals surface area contributed by atoms with Crippen LogP contribution < -0.4 is 11.1 Å². The van der Waals surface area contributed by atoms with Crippen LogP contribution in [0, 0.1) is 6.92 Å². The molecule has 0 radical (unpaired) electrons. The molecule has 2 aromatic rings. The Morgan fingerprint density at radius 3 is 2.37 bits per heavy atom. The van der Waals surface area contributed by atoms with Gasteiger partial charge in [-0.2, -0.15) is 0 Å². The molecule has 1 aromatic carbocycles. The van der Waals surface area contributed by atoms with Gasteiger partial charge in [0.15, 0.2) is 5.60 Å². The summed E-state index contributed by atoms with van der Waals surface area (Å²) in [7, 11) is -3.83. The van der Waals surface area contributed by atoms with Crippen molar-refractivity contribution in [2.75, 3.05) is 5.32 Å². The van der Waals surface area contributed by atoms with Crippen molar-refractivity contribution >= 4 is 61.0 Å². The average molecular weight is 520 g/mol. The number of nitrogens with two attached hydrogens (primary N) is 1. The predicted octanol–water partition coefficient (Wildman–Crippen LogP) is 3.22. The zero-order valence-electron chi connectivity index (χ0n) is 14.3. The van der Waals surface area contributed by atoms with Crippen molar-refractivity contribution in [1.82, 2.24) is 0 Å². The van der Waals surface area contributed by atoms with Crippen LogP contribution in [0.2, 0.25) is 0 Å². The molecule has 3 N–H and O–H groups in total. The van der Waals surface area contributed by atoms with E-state index < -0.39 is 27.3 Å². The van der Waals surface area contributed by atoms with Gasteiger partial charge in [-0.15, -0.1) is 11.3 Å². The minimum absolute atomic E-state index is 0.0398. The molecular formula is C17H17IN2O5S2. The SMILES string of the molecule is Cc1ccc(S(=O)(=O)c2cc(C(N)=O)c(NC(=O)C3(OI)CCC3)s2)cc1. The lowest BCUT2D eigenvalue weighted by Crippen LogP contribution is -2.49. The van der Waals surface area contributed by atoms with Gasteiger partial charge in [-0.05, 0) is 44.4 Å². The lowest BCUT2D eigenvalue weighted by atomic mass is 9.79. The molecule has 27 heavy (non-hydrogen) atoms. The van der Waals surface area contributed by atoms with E-state index in [1.807, 2.05) is 6.92 Å². The molecule has 1 heterocycles. The van der Waals surface area contributed by atoms with Gasteiger partial charge >= 0.3 is 0 Å². The largest absolute Gasteiger partial charge is 0.366 e. The van der Waals surface area contributed by atoms with Gasteiger partial charge in [0.1, 0.15) is 32.2 Å². The van der Waals surface area contributed by atoms with Crippen LogP contribution in [0.5, 0.6) is 0 Å². The Hall–Kier alpha value is -1.50. The highest BCUT2D eigenvalue weighted by Crippen LogP contribution is 2.40. The summed E-state index contributed by atoms with van der Waals surface area (Å²) in [4.78, 5) is 24.4. The zero-order chi connectivity index (χ0) is 19.8. The number of halogens is 1. The molecule has 0 unspecified atom stereocenters. The number of primary amides is 1. The van der Waals surface area contributed by atoms with Gasteiger partial charge in [0.05, 0.1) is 10.5 Å². The van der Waals surface area contributed by atoms with Crippen LogP contribution in [0.3, 0.4) is 0 Å². The molecule has 2 amide bonds. The van der Waals surface area contributed by atoms with Crippen molar-refractivity contribution in [2.24, 2.45) is 5.73 Å². The number of aryl methyl sites for hydroxylation is 1. The van der Waals surface area contributed by atoms with Gasteiger partial charge in [-0.1, -0.05) is 17.7 Å². The third kappa shape index (κ3) is 3.75. The second-order valence-electron chi connectivity index (χ2n) is 6.37. The Kier molecular flexibility index (Phi) is 5.62. The standard InChI is InChI=1S/C17H17IN2O5S2/c1-10-3-5-11(6-4-10)27(23,24)13-9-12(14(19)21)15(26-13)20-16(22)17(25-18)7-2-8-17/h3-6,9H,2,7-8H2,1H3,(H2,19,21)(H,20,22). The topological polar surface area (TPSA) is 116 Å². The summed E-state index contributed by atoms with van der Waals surface area (Å²) in [5, 5.41) is 2.73. The predicted molar refractivity (Wildman–Crippen MR) is 110 cm³/mol. The Bertz CT molecular complexity index is 989. The molecular weight excluding hydrogens is 503 g/mol. The molecule has 1 aromatic heterocycles. The molecule has 0 atom stereocenters. The highest BCUT2D eigenvalue weighted by molar-refractivity contribution is 14.1. The summed E-state index contributed by atoms with van der Waals surface area (Å²) in [6, 6.07) is 7.59. The van der Waals surface area contributed by atoms with Crippen LogP contribution in [-0.2, 0) is 17.7 Å². The normalized spacial score (nSPS) is 15.8. The number of nitrogens with one attached hydrogen (secondary N) is 1. The van der Waals surface area contributed by atoms with E-state index in [0.29, 0.717) is 12.8 Å². The van der Waals surface area contributed by atoms with E-state index in [1.165, 1.54) is 18.2 Å². The number of anilines is 1.